The van der Waals surface area contributed by atoms with Gasteiger partial charge in [-0.15, -0.1) is 0 Å². The molecule has 1 saturated heterocycles. The molecule has 5 rings (SSSR count). The summed E-state index contributed by atoms with van der Waals surface area (Å²) in [6.45, 7) is 12.5. The molecule has 0 bridgehead atoms. The third-order valence-corrected chi connectivity index (χ3v) is 7.94. The summed E-state index contributed by atoms with van der Waals surface area (Å²) >= 11 is 0. The second kappa shape index (κ2) is 11.5. The topological polar surface area (TPSA) is 22.1 Å². The van der Waals surface area contributed by atoms with Crippen molar-refractivity contribution in [2.24, 2.45) is 11.8 Å². The van der Waals surface area contributed by atoms with Crippen molar-refractivity contribution in [2.45, 2.75) is 85.5 Å². The Labute approximate surface area is 208 Å². The predicted octanol–water partition coefficient (Wildman–Crippen LogP) is 8.92. The molecule has 2 atom stereocenters. The van der Waals surface area contributed by atoms with Gasteiger partial charge in [-0.05, 0) is 77.8 Å². The summed E-state index contributed by atoms with van der Waals surface area (Å²) in [5.41, 5.74) is 8.08. The zero-order valence-electron chi connectivity index (χ0n) is 22.0. The summed E-state index contributed by atoms with van der Waals surface area (Å²) < 4.78 is 5.76. The van der Waals surface area contributed by atoms with Gasteiger partial charge in [0.1, 0.15) is 0 Å². The Morgan fingerprint density at radius 2 is 1.71 bits per heavy atom. The lowest BCUT2D eigenvalue weighted by atomic mass is 9.84. The molecule has 1 saturated carbocycles. The van der Waals surface area contributed by atoms with Crippen LogP contribution in [0, 0.1) is 18.8 Å². The molecule has 0 amide bonds. The molecular formula is C32H45NO. The van der Waals surface area contributed by atoms with Gasteiger partial charge in [0.2, 0.25) is 0 Å². The van der Waals surface area contributed by atoms with Crippen LogP contribution in [-0.2, 0) is 17.6 Å². The predicted molar refractivity (Wildman–Crippen MR) is 148 cm³/mol. The van der Waals surface area contributed by atoms with Crippen LogP contribution < -0.4 is 0 Å². The van der Waals surface area contributed by atoms with E-state index in [1.807, 2.05) is 13.8 Å². The Morgan fingerprint density at radius 3 is 2.44 bits per heavy atom. The zero-order valence-corrected chi connectivity index (χ0v) is 22.0. The lowest BCUT2D eigenvalue weighted by Gasteiger charge is -2.30. The number of aromatic nitrogens is 1. The maximum atomic E-state index is 5.76. The van der Waals surface area contributed by atoms with Crippen molar-refractivity contribution in [2.75, 3.05) is 13.2 Å². The highest BCUT2D eigenvalue weighted by molar-refractivity contribution is 5.89. The van der Waals surface area contributed by atoms with Crippen LogP contribution in [0.25, 0.3) is 21.9 Å². The second-order valence-electron chi connectivity index (χ2n) is 10.2. The quantitative estimate of drug-likeness (QED) is 0.380. The number of benzene rings is 2. The molecule has 0 radical (unpaired) electrons. The first-order chi connectivity index (χ1) is 16.6. The van der Waals surface area contributed by atoms with Gasteiger partial charge in [-0.1, -0.05) is 83.7 Å². The van der Waals surface area contributed by atoms with Crippen LogP contribution in [0.2, 0.25) is 0 Å². The summed E-state index contributed by atoms with van der Waals surface area (Å²) in [6, 6.07) is 16.4. The van der Waals surface area contributed by atoms with Gasteiger partial charge in [0.25, 0.3) is 0 Å². The molecule has 2 nitrogen and oxygen atoms in total. The van der Waals surface area contributed by atoms with E-state index in [0.717, 1.165) is 38.4 Å². The van der Waals surface area contributed by atoms with Gasteiger partial charge in [-0.3, -0.25) is 4.98 Å². The fourth-order valence-electron chi connectivity index (χ4n) is 5.94. The van der Waals surface area contributed by atoms with Crippen molar-refractivity contribution in [1.82, 2.24) is 4.98 Å². The van der Waals surface area contributed by atoms with Crippen molar-refractivity contribution in [3.05, 3.63) is 65.0 Å². The molecule has 2 heterocycles. The molecule has 184 valence electrons. The van der Waals surface area contributed by atoms with E-state index in [4.69, 9.17) is 9.72 Å². The van der Waals surface area contributed by atoms with E-state index in [1.165, 1.54) is 70.1 Å². The third-order valence-electron chi connectivity index (χ3n) is 7.94. The van der Waals surface area contributed by atoms with Gasteiger partial charge in [0, 0.05) is 31.6 Å². The number of ether oxygens (including phenoxy) is 1. The third kappa shape index (κ3) is 5.38. The SMILES string of the molecule is CC.CCc1cc(-c2ccc3c(C4CCOC[C@@H]4C)nc(CC4CCCC4)cc3c2)ccc1C.[HH]. The van der Waals surface area contributed by atoms with Crippen molar-refractivity contribution >= 4 is 10.8 Å². The average Bonchev–Trinajstić information content (AvgIpc) is 3.38. The molecule has 2 aromatic carbocycles. The van der Waals surface area contributed by atoms with Gasteiger partial charge in [0.05, 0.1) is 5.69 Å². The summed E-state index contributed by atoms with van der Waals surface area (Å²) in [4.78, 5) is 5.32. The van der Waals surface area contributed by atoms with Gasteiger partial charge < -0.3 is 4.74 Å². The van der Waals surface area contributed by atoms with Crippen molar-refractivity contribution in [1.29, 1.82) is 0 Å². The monoisotopic (exact) mass is 459 g/mol. The number of hydrogen-bond donors (Lipinski definition) is 0. The van der Waals surface area contributed by atoms with Crippen LogP contribution in [0.4, 0.5) is 0 Å². The largest absolute Gasteiger partial charge is 0.381 e. The molecule has 34 heavy (non-hydrogen) atoms. The Balaban J connectivity index is 0.00000111. The Bertz CT molecular complexity index is 1100. The van der Waals surface area contributed by atoms with E-state index >= 15 is 0 Å². The number of rotatable bonds is 5. The van der Waals surface area contributed by atoms with Crippen LogP contribution in [0.15, 0.2) is 42.5 Å². The Hall–Kier alpha value is -2.19. The minimum atomic E-state index is 0. The Morgan fingerprint density at radius 1 is 0.971 bits per heavy atom. The lowest BCUT2D eigenvalue weighted by molar-refractivity contribution is 0.0466. The van der Waals surface area contributed by atoms with Gasteiger partial charge >= 0.3 is 0 Å². The fraction of sp³-hybridized carbons (Fsp3) is 0.531. The van der Waals surface area contributed by atoms with E-state index in [0.29, 0.717) is 11.8 Å². The first-order valence-electron chi connectivity index (χ1n) is 13.7. The van der Waals surface area contributed by atoms with E-state index < -0.39 is 0 Å². The highest BCUT2D eigenvalue weighted by Crippen LogP contribution is 2.37. The molecule has 1 aliphatic carbocycles. The molecule has 2 aliphatic rings. The smallest absolute Gasteiger partial charge is 0.0520 e. The molecular weight excluding hydrogens is 414 g/mol. The molecule has 1 aromatic heterocycles. The van der Waals surface area contributed by atoms with E-state index in [2.05, 4.69) is 63.2 Å². The lowest BCUT2D eigenvalue weighted by Crippen LogP contribution is -2.25. The minimum Gasteiger partial charge on any atom is -0.381 e. The van der Waals surface area contributed by atoms with E-state index in [-0.39, 0.29) is 1.43 Å². The Kier molecular flexibility index (Phi) is 8.42. The molecule has 0 N–H and O–H groups in total. The van der Waals surface area contributed by atoms with Gasteiger partial charge in [0.15, 0.2) is 0 Å². The van der Waals surface area contributed by atoms with Crippen LogP contribution in [0.3, 0.4) is 0 Å². The van der Waals surface area contributed by atoms with Crippen molar-refractivity contribution in [3.63, 3.8) is 0 Å². The van der Waals surface area contributed by atoms with Crippen LogP contribution in [0.5, 0.6) is 0 Å². The molecule has 1 unspecified atom stereocenters. The van der Waals surface area contributed by atoms with E-state index in [9.17, 15) is 0 Å². The average molecular weight is 460 g/mol. The summed E-state index contributed by atoms with van der Waals surface area (Å²) in [6.07, 6.45) is 8.80. The number of hydrogen-bond acceptors (Lipinski definition) is 2. The van der Waals surface area contributed by atoms with Crippen molar-refractivity contribution in [3.8, 4) is 11.1 Å². The highest BCUT2D eigenvalue weighted by atomic mass is 16.5. The normalized spacial score (nSPS) is 20.9. The first-order valence-corrected chi connectivity index (χ1v) is 13.7. The maximum Gasteiger partial charge on any atom is 0.0520 e. The fourth-order valence-corrected chi connectivity index (χ4v) is 5.94. The summed E-state index contributed by atoms with van der Waals surface area (Å²) in [5, 5.41) is 2.70. The summed E-state index contributed by atoms with van der Waals surface area (Å²) in [7, 11) is 0. The molecule has 0 spiro atoms. The minimum absolute atomic E-state index is 0. The van der Waals surface area contributed by atoms with Gasteiger partial charge in [-0.25, -0.2) is 0 Å². The number of pyridine rings is 1. The van der Waals surface area contributed by atoms with Crippen LogP contribution in [-0.4, -0.2) is 18.2 Å². The second-order valence-corrected chi connectivity index (χ2v) is 10.2. The highest BCUT2D eigenvalue weighted by Gasteiger charge is 2.27. The maximum absolute atomic E-state index is 5.76. The molecule has 2 fully saturated rings. The van der Waals surface area contributed by atoms with E-state index in [1.54, 1.807) is 0 Å². The molecule has 2 heteroatoms. The first kappa shape index (κ1) is 24.9. The number of fused-ring (bicyclic) bond motifs is 1. The van der Waals surface area contributed by atoms with Gasteiger partial charge in [-0.2, -0.15) is 0 Å². The number of aryl methyl sites for hydroxylation is 2. The number of nitrogens with zero attached hydrogens (tertiary/aromatic N) is 1. The van der Waals surface area contributed by atoms with Crippen LogP contribution >= 0.6 is 0 Å². The molecule has 3 aromatic rings. The standard InChI is InChI=1S/C30H37NO.C2H6.H2/c1-4-23-16-24(10-9-20(23)2)25-11-12-29-26(17-25)18-27(15-22-7-5-6-8-22)31-30(29)28-13-14-32-19-21(28)3;1-2;/h9-12,16-18,21-22,28H,4-8,13-15,19H2,1-3H3;1-2H3;1H/t21-,28?;;/m0../s1. The summed E-state index contributed by atoms with van der Waals surface area (Å²) in [5.74, 6) is 1.82. The zero-order chi connectivity index (χ0) is 24.1. The van der Waals surface area contributed by atoms with Crippen molar-refractivity contribution < 1.29 is 6.16 Å². The molecule has 1 aliphatic heterocycles. The van der Waals surface area contributed by atoms with Crippen LogP contribution in [0.1, 0.15) is 89.7 Å².